The summed E-state index contributed by atoms with van der Waals surface area (Å²) in [6.07, 6.45) is 10.9. The fourth-order valence-corrected chi connectivity index (χ4v) is 1.11. The Hall–Kier alpha value is -2.15. The van der Waals surface area contributed by atoms with Crippen LogP contribution in [0.2, 0.25) is 0 Å². The van der Waals surface area contributed by atoms with Crippen LogP contribution in [0.1, 0.15) is 5.69 Å². The standard InChI is InChI=1S/C10H8N4/c1-2-3-9-8-14(13-12-9)10-4-6-11-7-5-10/h1,4-8H,3H2. The lowest BCUT2D eigenvalue weighted by Crippen LogP contribution is -1.94. The van der Waals surface area contributed by atoms with E-state index in [9.17, 15) is 0 Å². The molecule has 68 valence electrons. The number of nitrogens with zero attached hydrogens (tertiary/aromatic N) is 4. The van der Waals surface area contributed by atoms with Crippen LogP contribution in [0.25, 0.3) is 5.69 Å². The van der Waals surface area contributed by atoms with Gasteiger partial charge in [0.25, 0.3) is 0 Å². The van der Waals surface area contributed by atoms with E-state index in [1.165, 1.54) is 0 Å². The third-order valence-electron chi connectivity index (χ3n) is 1.75. The zero-order valence-corrected chi connectivity index (χ0v) is 7.46. The van der Waals surface area contributed by atoms with Gasteiger partial charge in [-0.15, -0.1) is 17.4 Å². The van der Waals surface area contributed by atoms with E-state index in [1.807, 2.05) is 18.3 Å². The monoisotopic (exact) mass is 184 g/mol. The third kappa shape index (κ3) is 1.62. The van der Waals surface area contributed by atoms with E-state index in [2.05, 4.69) is 21.2 Å². The third-order valence-corrected chi connectivity index (χ3v) is 1.75. The van der Waals surface area contributed by atoms with Crippen LogP contribution in [0.3, 0.4) is 0 Å². The quantitative estimate of drug-likeness (QED) is 0.649. The summed E-state index contributed by atoms with van der Waals surface area (Å²) in [6, 6.07) is 3.71. The predicted octanol–water partition coefficient (Wildman–Crippen LogP) is 0.838. The molecule has 0 N–H and O–H groups in total. The number of aromatic nitrogens is 4. The summed E-state index contributed by atoms with van der Waals surface area (Å²) >= 11 is 0. The van der Waals surface area contributed by atoms with Crippen molar-refractivity contribution in [2.75, 3.05) is 0 Å². The lowest BCUT2D eigenvalue weighted by atomic mass is 10.3. The molecule has 0 bridgehead atoms. The molecule has 4 nitrogen and oxygen atoms in total. The number of hydrogen-bond donors (Lipinski definition) is 0. The van der Waals surface area contributed by atoms with Crippen LogP contribution in [0.5, 0.6) is 0 Å². The molecule has 0 aliphatic rings. The molecule has 14 heavy (non-hydrogen) atoms. The molecule has 0 saturated carbocycles. The Bertz CT molecular complexity index is 452. The molecule has 2 rings (SSSR count). The van der Waals surface area contributed by atoms with Gasteiger partial charge in [0.1, 0.15) is 0 Å². The van der Waals surface area contributed by atoms with E-state index in [4.69, 9.17) is 6.42 Å². The molecule has 2 aromatic rings. The lowest BCUT2D eigenvalue weighted by molar-refractivity contribution is 0.798. The Balaban J connectivity index is 2.31. The highest BCUT2D eigenvalue weighted by atomic mass is 15.4. The zero-order chi connectivity index (χ0) is 9.80. The van der Waals surface area contributed by atoms with Crippen LogP contribution in [0.4, 0.5) is 0 Å². The minimum absolute atomic E-state index is 0.505. The van der Waals surface area contributed by atoms with Gasteiger partial charge in [0.05, 0.1) is 24.0 Å². The van der Waals surface area contributed by atoms with Crippen LogP contribution in [-0.4, -0.2) is 20.0 Å². The van der Waals surface area contributed by atoms with Gasteiger partial charge in [-0.25, -0.2) is 4.68 Å². The molecular formula is C10H8N4. The van der Waals surface area contributed by atoms with Gasteiger partial charge >= 0.3 is 0 Å². The van der Waals surface area contributed by atoms with Gasteiger partial charge in [-0.05, 0) is 12.1 Å². The van der Waals surface area contributed by atoms with Gasteiger partial charge in [0.15, 0.2) is 0 Å². The molecule has 2 heterocycles. The summed E-state index contributed by atoms with van der Waals surface area (Å²) in [6.45, 7) is 0. The summed E-state index contributed by atoms with van der Waals surface area (Å²) < 4.78 is 1.67. The van der Waals surface area contributed by atoms with Crippen molar-refractivity contribution in [3.63, 3.8) is 0 Å². The van der Waals surface area contributed by atoms with Crippen molar-refractivity contribution in [3.05, 3.63) is 36.4 Å². The van der Waals surface area contributed by atoms with E-state index in [0.717, 1.165) is 11.4 Å². The van der Waals surface area contributed by atoms with E-state index in [-0.39, 0.29) is 0 Å². The summed E-state index contributed by atoms with van der Waals surface area (Å²) in [4.78, 5) is 3.92. The normalized spacial score (nSPS) is 9.64. The van der Waals surface area contributed by atoms with Gasteiger partial charge in [-0.3, -0.25) is 4.98 Å². The Kier molecular flexibility index (Phi) is 2.24. The molecule has 4 heteroatoms. The first-order valence-corrected chi connectivity index (χ1v) is 4.15. The number of hydrogen-bond acceptors (Lipinski definition) is 3. The van der Waals surface area contributed by atoms with Crippen molar-refractivity contribution in [2.24, 2.45) is 0 Å². The maximum absolute atomic E-state index is 5.17. The number of terminal acetylenes is 1. The SMILES string of the molecule is C#CCc1cn(-c2ccncc2)nn1. The summed E-state index contributed by atoms with van der Waals surface area (Å²) in [5.41, 5.74) is 1.72. The molecule has 0 fully saturated rings. The minimum atomic E-state index is 0.505. The maximum Gasteiger partial charge on any atom is 0.0950 e. The first kappa shape index (κ1) is 8.45. The van der Waals surface area contributed by atoms with Crippen molar-refractivity contribution in [1.82, 2.24) is 20.0 Å². The highest BCUT2D eigenvalue weighted by molar-refractivity contribution is 5.27. The van der Waals surface area contributed by atoms with Crippen molar-refractivity contribution in [3.8, 4) is 18.0 Å². The fourth-order valence-electron chi connectivity index (χ4n) is 1.11. The maximum atomic E-state index is 5.17. The van der Waals surface area contributed by atoms with Crippen molar-refractivity contribution in [1.29, 1.82) is 0 Å². The molecule has 0 atom stereocenters. The van der Waals surface area contributed by atoms with Crippen molar-refractivity contribution >= 4 is 0 Å². The van der Waals surface area contributed by atoms with Gasteiger partial charge < -0.3 is 0 Å². The van der Waals surface area contributed by atoms with Gasteiger partial charge in [0, 0.05) is 12.4 Å². The zero-order valence-electron chi connectivity index (χ0n) is 7.46. The van der Waals surface area contributed by atoms with Gasteiger partial charge in [-0.2, -0.15) is 0 Å². The second kappa shape index (κ2) is 3.71. The van der Waals surface area contributed by atoms with Crippen LogP contribution in [0, 0.1) is 12.3 Å². The van der Waals surface area contributed by atoms with E-state index >= 15 is 0 Å². The Morgan fingerprint density at radius 1 is 1.36 bits per heavy atom. The number of pyridine rings is 1. The predicted molar refractivity (Wildman–Crippen MR) is 51.7 cm³/mol. The summed E-state index contributed by atoms with van der Waals surface area (Å²) in [5.74, 6) is 2.52. The van der Waals surface area contributed by atoms with E-state index in [0.29, 0.717) is 6.42 Å². The molecule has 0 radical (unpaired) electrons. The van der Waals surface area contributed by atoms with Gasteiger partial charge in [-0.1, -0.05) is 5.21 Å². The topological polar surface area (TPSA) is 43.6 Å². The second-order valence-electron chi connectivity index (χ2n) is 2.74. The molecule has 0 spiro atoms. The highest BCUT2D eigenvalue weighted by Crippen LogP contribution is 2.04. The summed E-state index contributed by atoms with van der Waals surface area (Å²) in [5, 5.41) is 7.88. The van der Waals surface area contributed by atoms with Crippen molar-refractivity contribution in [2.45, 2.75) is 6.42 Å². The smallest absolute Gasteiger partial charge is 0.0950 e. The lowest BCUT2D eigenvalue weighted by Gasteiger charge is -1.96. The fraction of sp³-hybridized carbons (Fsp3) is 0.100. The minimum Gasteiger partial charge on any atom is -0.265 e. The van der Waals surface area contributed by atoms with Crippen LogP contribution < -0.4 is 0 Å². The Labute approximate surface area is 81.6 Å². The molecule has 2 aromatic heterocycles. The molecule has 0 saturated heterocycles. The molecule has 0 aliphatic carbocycles. The Morgan fingerprint density at radius 2 is 2.14 bits per heavy atom. The average Bonchev–Trinajstić information content (AvgIpc) is 2.68. The van der Waals surface area contributed by atoms with E-state index in [1.54, 1.807) is 17.1 Å². The second-order valence-corrected chi connectivity index (χ2v) is 2.74. The van der Waals surface area contributed by atoms with Crippen LogP contribution in [-0.2, 0) is 6.42 Å². The largest absolute Gasteiger partial charge is 0.265 e. The van der Waals surface area contributed by atoms with Gasteiger partial charge in [0.2, 0.25) is 0 Å². The molecule has 0 aromatic carbocycles. The number of rotatable bonds is 2. The first-order valence-electron chi connectivity index (χ1n) is 4.15. The average molecular weight is 184 g/mol. The Morgan fingerprint density at radius 3 is 2.86 bits per heavy atom. The van der Waals surface area contributed by atoms with Crippen molar-refractivity contribution < 1.29 is 0 Å². The first-order chi connectivity index (χ1) is 6.90. The van der Waals surface area contributed by atoms with Crippen LogP contribution in [0.15, 0.2) is 30.7 Å². The molecule has 0 unspecified atom stereocenters. The van der Waals surface area contributed by atoms with E-state index < -0.39 is 0 Å². The summed E-state index contributed by atoms with van der Waals surface area (Å²) in [7, 11) is 0. The molecule has 0 amide bonds. The molecular weight excluding hydrogens is 176 g/mol. The molecule has 0 aliphatic heterocycles. The highest BCUT2D eigenvalue weighted by Gasteiger charge is 2.00. The van der Waals surface area contributed by atoms with Crippen LogP contribution >= 0.6 is 0 Å².